The van der Waals surface area contributed by atoms with Gasteiger partial charge in [-0.15, -0.1) is 6.42 Å². The minimum atomic E-state index is -0.528. The molecule has 1 aliphatic carbocycles. The van der Waals surface area contributed by atoms with Crippen LogP contribution in [0.3, 0.4) is 0 Å². The lowest BCUT2D eigenvalue weighted by Gasteiger charge is -2.29. The maximum atomic E-state index is 13.5. The van der Waals surface area contributed by atoms with Crippen LogP contribution in [0.1, 0.15) is 57.1 Å². The summed E-state index contributed by atoms with van der Waals surface area (Å²) in [5.74, 6) is 2.60. The van der Waals surface area contributed by atoms with Crippen LogP contribution in [0.25, 0.3) is 23.1 Å². The Morgan fingerprint density at radius 2 is 2.13 bits per heavy atom. The largest absolute Gasteiger partial charge is 0.391 e. The molecule has 0 bridgehead atoms. The van der Waals surface area contributed by atoms with Crippen molar-refractivity contribution in [1.82, 2.24) is 9.55 Å². The SMILES string of the molecule is C#CC=c1c(=CC)c(CC2=CN=C(Cl)CC2)cc2c(=O)n(C3CCCCC3O)cnc12. The first-order valence-corrected chi connectivity index (χ1v) is 11.1. The van der Waals surface area contributed by atoms with Gasteiger partial charge in [0.25, 0.3) is 5.56 Å². The van der Waals surface area contributed by atoms with E-state index in [0.29, 0.717) is 28.9 Å². The number of aliphatic hydroxyl groups excluding tert-OH is 1. The molecule has 2 unspecified atom stereocenters. The van der Waals surface area contributed by atoms with Crippen LogP contribution >= 0.6 is 11.6 Å². The highest BCUT2D eigenvalue weighted by atomic mass is 35.5. The van der Waals surface area contributed by atoms with Crippen LogP contribution < -0.4 is 16.0 Å². The summed E-state index contributed by atoms with van der Waals surface area (Å²) in [6, 6.07) is 1.69. The van der Waals surface area contributed by atoms with Crippen molar-refractivity contribution in [3.63, 3.8) is 0 Å². The molecular formula is C25H26ClN3O2. The van der Waals surface area contributed by atoms with E-state index in [9.17, 15) is 9.90 Å². The zero-order valence-corrected chi connectivity index (χ0v) is 18.4. The number of hydrogen-bond acceptors (Lipinski definition) is 4. The summed E-state index contributed by atoms with van der Waals surface area (Å²) >= 11 is 6.01. The van der Waals surface area contributed by atoms with Crippen LogP contribution in [0.4, 0.5) is 0 Å². The van der Waals surface area contributed by atoms with Crippen molar-refractivity contribution in [1.29, 1.82) is 0 Å². The summed E-state index contributed by atoms with van der Waals surface area (Å²) in [7, 11) is 0. The second-order valence-corrected chi connectivity index (χ2v) is 8.64. The van der Waals surface area contributed by atoms with E-state index in [-0.39, 0.29) is 11.6 Å². The molecular weight excluding hydrogens is 410 g/mol. The van der Waals surface area contributed by atoms with Gasteiger partial charge in [0.1, 0.15) is 5.17 Å². The maximum Gasteiger partial charge on any atom is 0.261 e. The fourth-order valence-corrected chi connectivity index (χ4v) is 4.82. The Bertz CT molecular complexity index is 1300. The zero-order valence-electron chi connectivity index (χ0n) is 17.6. The molecule has 2 aliphatic rings. The van der Waals surface area contributed by atoms with Crippen molar-refractivity contribution in [2.24, 2.45) is 4.99 Å². The lowest BCUT2D eigenvalue weighted by molar-refractivity contribution is 0.0735. The summed E-state index contributed by atoms with van der Waals surface area (Å²) < 4.78 is 1.61. The van der Waals surface area contributed by atoms with Gasteiger partial charge in [-0.2, -0.15) is 0 Å². The molecule has 31 heavy (non-hydrogen) atoms. The van der Waals surface area contributed by atoms with E-state index in [4.69, 9.17) is 18.0 Å². The Morgan fingerprint density at radius 3 is 2.81 bits per heavy atom. The molecule has 4 rings (SSSR count). The van der Waals surface area contributed by atoms with Crippen molar-refractivity contribution in [3.8, 4) is 12.3 Å². The van der Waals surface area contributed by atoms with Gasteiger partial charge in [-0.1, -0.05) is 36.4 Å². The highest BCUT2D eigenvalue weighted by molar-refractivity contribution is 6.65. The minimum absolute atomic E-state index is 0.134. The van der Waals surface area contributed by atoms with Crippen molar-refractivity contribution < 1.29 is 5.11 Å². The van der Waals surface area contributed by atoms with Crippen LogP contribution in [0.5, 0.6) is 0 Å². The summed E-state index contributed by atoms with van der Waals surface area (Å²) in [6.45, 7) is 1.96. The van der Waals surface area contributed by atoms with E-state index < -0.39 is 6.10 Å². The van der Waals surface area contributed by atoms with Gasteiger partial charge in [0.05, 0.1) is 29.4 Å². The molecule has 1 aromatic heterocycles. The van der Waals surface area contributed by atoms with Crippen LogP contribution in [-0.4, -0.2) is 25.9 Å². The number of aromatic nitrogens is 2. The summed E-state index contributed by atoms with van der Waals surface area (Å²) in [5, 5.41) is 13.4. The first-order chi connectivity index (χ1) is 15.0. The normalized spacial score (nSPS) is 22.9. The maximum absolute atomic E-state index is 13.5. The molecule has 1 N–H and O–H groups in total. The van der Waals surface area contributed by atoms with Crippen molar-refractivity contribution in [3.05, 3.63) is 50.5 Å². The molecule has 1 aliphatic heterocycles. The number of hydrogen-bond donors (Lipinski definition) is 1. The average molecular weight is 436 g/mol. The van der Waals surface area contributed by atoms with Crippen LogP contribution in [-0.2, 0) is 6.42 Å². The van der Waals surface area contributed by atoms with E-state index in [1.807, 2.05) is 25.3 Å². The first kappa shape index (κ1) is 21.5. The molecule has 2 aromatic rings. The molecule has 1 fully saturated rings. The Balaban J connectivity index is 1.93. The molecule has 1 aromatic carbocycles. The number of allylic oxidation sites excluding steroid dienone is 1. The van der Waals surface area contributed by atoms with Gasteiger partial charge < -0.3 is 5.11 Å². The van der Waals surface area contributed by atoms with Gasteiger partial charge in [0.2, 0.25) is 0 Å². The quantitative estimate of drug-likeness (QED) is 0.754. The van der Waals surface area contributed by atoms with Crippen molar-refractivity contribution in [2.75, 3.05) is 0 Å². The number of aliphatic hydroxyl groups is 1. The number of nitrogens with zero attached hydrogens (tertiary/aromatic N) is 3. The van der Waals surface area contributed by atoms with E-state index in [0.717, 1.165) is 53.7 Å². The third-order valence-electron chi connectivity index (χ3n) is 6.27. The van der Waals surface area contributed by atoms with E-state index >= 15 is 0 Å². The third kappa shape index (κ3) is 4.23. The minimum Gasteiger partial charge on any atom is -0.391 e. The van der Waals surface area contributed by atoms with Crippen LogP contribution in [0.2, 0.25) is 0 Å². The molecule has 2 heterocycles. The van der Waals surface area contributed by atoms with Gasteiger partial charge in [0, 0.05) is 17.8 Å². The summed E-state index contributed by atoms with van der Waals surface area (Å²) in [6.07, 6.45) is 17.8. The predicted molar refractivity (Wildman–Crippen MR) is 127 cm³/mol. The highest BCUT2D eigenvalue weighted by Crippen LogP contribution is 2.27. The van der Waals surface area contributed by atoms with E-state index in [1.54, 1.807) is 17.0 Å². The Morgan fingerprint density at radius 1 is 1.32 bits per heavy atom. The third-order valence-corrected chi connectivity index (χ3v) is 6.55. The second kappa shape index (κ2) is 9.21. The number of fused-ring (bicyclic) bond motifs is 1. The molecule has 160 valence electrons. The van der Waals surface area contributed by atoms with Gasteiger partial charge in [-0.05, 0) is 61.1 Å². The first-order valence-electron chi connectivity index (χ1n) is 10.8. The average Bonchev–Trinajstić information content (AvgIpc) is 2.77. The van der Waals surface area contributed by atoms with Gasteiger partial charge >= 0.3 is 0 Å². The molecule has 6 heteroatoms. The zero-order chi connectivity index (χ0) is 22.0. The van der Waals surface area contributed by atoms with Gasteiger partial charge in [0.15, 0.2) is 0 Å². The number of rotatable bonds is 3. The number of terminal acetylenes is 1. The number of benzene rings is 1. The van der Waals surface area contributed by atoms with Gasteiger partial charge in [-0.25, -0.2) is 9.98 Å². The van der Waals surface area contributed by atoms with Crippen molar-refractivity contribution >= 4 is 39.8 Å². The summed E-state index contributed by atoms with van der Waals surface area (Å²) in [4.78, 5) is 22.4. The fourth-order valence-electron chi connectivity index (χ4n) is 4.68. The Kier molecular flexibility index (Phi) is 6.41. The topological polar surface area (TPSA) is 67.5 Å². The second-order valence-electron chi connectivity index (χ2n) is 8.20. The highest BCUT2D eigenvalue weighted by Gasteiger charge is 2.26. The smallest absolute Gasteiger partial charge is 0.261 e. The lowest BCUT2D eigenvalue weighted by atomic mass is 9.92. The predicted octanol–water partition coefficient (Wildman–Crippen LogP) is 2.94. The lowest BCUT2D eigenvalue weighted by Crippen LogP contribution is -2.37. The van der Waals surface area contributed by atoms with E-state index in [1.165, 1.54) is 0 Å². The number of aliphatic imine (C=N–C) groups is 1. The van der Waals surface area contributed by atoms with E-state index in [2.05, 4.69) is 15.9 Å². The molecule has 0 amide bonds. The molecule has 0 saturated heterocycles. The van der Waals surface area contributed by atoms with Crippen molar-refractivity contribution in [2.45, 2.75) is 64.0 Å². The fraction of sp³-hybridized carbons (Fsp3) is 0.400. The molecule has 0 radical (unpaired) electrons. The molecule has 0 spiro atoms. The van der Waals surface area contributed by atoms with Gasteiger partial charge in [-0.3, -0.25) is 9.36 Å². The standard InChI is InChI=1S/C25H26ClN3O2/c1-3-7-19-18(4-2)17(12-16-10-11-23(26)27-14-16)13-20-24(19)28-15-29(25(20)31)21-8-5-6-9-22(21)30/h1,4,7,13-15,21-22,30H,5-6,8-12H2,2H3. The Hall–Kier alpha value is -2.68. The van der Waals surface area contributed by atoms with Crippen LogP contribution in [0.15, 0.2) is 34.0 Å². The molecule has 5 nitrogen and oxygen atoms in total. The molecule has 1 saturated carbocycles. The summed E-state index contributed by atoms with van der Waals surface area (Å²) in [5.41, 5.74) is 2.63. The monoisotopic (exact) mass is 435 g/mol. The Labute approximate surface area is 186 Å². The van der Waals surface area contributed by atoms with Crippen LogP contribution in [0, 0.1) is 12.3 Å². The number of halogens is 1. The molecule has 2 atom stereocenters.